The van der Waals surface area contributed by atoms with Crippen molar-refractivity contribution in [3.05, 3.63) is 64.7 Å². The van der Waals surface area contributed by atoms with Crippen LogP contribution in [0.5, 0.6) is 5.75 Å². The summed E-state index contributed by atoms with van der Waals surface area (Å²) < 4.78 is 5.41. The summed E-state index contributed by atoms with van der Waals surface area (Å²) in [6.45, 7) is 2.75. The number of nitrogens with one attached hydrogen (secondary N) is 1. The maximum Gasteiger partial charge on any atom is 0.123 e. The molecule has 0 bridgehead atoms. The van der Waals surface area contributed by atoms with Crippen LogP contribution in [0.1, 0.15) is 28.3 Å². The lowest BCUT2D eigenvalue weighted by Gasteiger charge is -2.19. The molecule has 1 aliphatic rings. The number of aliphatic hydroxyl groups is 1. The Morgan fingerprint density at radius 1 is 1.24 bits per heavy atom. The molecule has 3 nitrogen and oxygen atoms in total. The van der Waals surface area contributed by atoms with E-state index in [0.29, 0.717) is 6.54 Å². The average molecular weight is 283 g/mol. The van der Waals surface area contributed by atoms with E-state index in [2.05, 4.69) is 30.4 Å². The molecular formula is C18H21NO2. The van der Waals surface area contributed by atoms with Crippen LogP contribution < -0.4 is 10.1 Å². The lowest BCUT2D eigenvalue weighted by molar-refractivity contribution is 0.140. The van der Waals surface area contributed by atoms with Gasteiger partial charge in [0.15, 0.2) is 0 Å². The Kier molecular flexibility index (Phi) is 3.95. The number of benzene rings is 2. The van der Waals surface area contributed by atoms with E-state index >= 15 is 0 Å². The predicted octanol–water partition coefficient (Wildman–Crippen LogP) is 2.75. The quantitative estimate of drug-likeness (QED) is 0.906. The fourth-order valence-electron chi connectivity index (χ4n) is 3.09. The predicted molar refractivity (Wildman–Crippen MR) is 83.5 cm³/mol. The van der Waals surface area contributed by atoms with Crippen LogP contribution in [0.3, 0.4) is 0 Å². The highest BCUT2D eigenvalue weighted by molar-refractivity contribution is 5.39. The molecule has 0 aliphatic heterocycles. The molecule has 2 aromatic carbocycles. The Hall–Kier alpha value is -1.84. The van der Waals surface area contributed by atoms with E-state index in [-0.39, 0.29) is 12.1 Å². The van der Waals surface area contributed by atoms with E-state index in [1.54, 1.807) is 7.11 Å². The molecule has 0 fully saturated rings. The molecule has 3 rings (SSSR count). The Bertz CT molecular complexity index is 639. The van der Waals surface area contributed by atoms with E-state index in [1.165, 1.54) is 16.7 Å². The van der Waals surface area contributed by atoms with Gasteiger partial charge in [-0.25, -0.2) is 0 Å². The van der Waals surface area contributed by atoms with Crippen molar-refractivity contribution in [2.75, 3.05) is 7.11 Å². The first-order chi connectivity index (χ1) is 10.2. The van der Waals surface area contributed by atoms with Gasteiger partial charge in [-0.2, -0.15) is 0 Å². The molecule has 2 aromatic rings. The van der Waals surface area contributed by atoms with Crippen LogP contribution in [0.15, 0.2) is 42.5 Å². The zero-order chi connectivity index (χ0) is 14.8. The van der Waals surface area contributed by atoms with Gasteiger partial charge in [-0.15, -0.1) is 0 Å². The molecule has 2 N–H and O–H groups in total. The number of methoxy groups -OCH3 is 1. The Balaban J connectivity index is 1.78. The fraction of sp³-hybridized carbons (Fsp3) is 0.333. The third-order valence-corrected chi connectivity index (χ3v) is 4.15. The number of aryl methyl sites for hydroxylation is 1. The minimum absolute atomic E-state index is 0.00795. The van der Waals surface area contributed by atoms with Crippen molar-refractivity contribution in [2.45, 2.75) is 32.0 Å². The Labute approximate surface area is 125 Å². The third-order valence-electron chi connectivity index (χ3n) is 4.15. The van der Waals surface area contributed by atoms with Gasteiger partial charge >= 0.3 is 0 Å². The maximum atomic E-state index is 10.3. The van der Waals surface area contributed by atoms with Gasteiger partial charge in [0.05, 0.1) is 19.3 Å². The van der Waals surface area contributed by atoms with Crippen molar-refractivity contribution in [1.82, 2.24) is 5.32 Å². The zero-order valence-electron chi connectivity index (χ0n) is 12.5. The zero-order valence-corrected chi connectivity index (χ0v) is 12.5. The summed E-state index contributed by atoms with van der Waals surface area (Å²) in [4.78, 5) is 0. The Morgan fingerprint density at radius 3 is 2.86 bits per heavy atom. The number of hydrogen-bond donors (Lipinski definition) is 2. The molecule has 0 saturated carbocycles. The van der Waals surface area contributed by atoms with Crippen molar-refractivity contribution in [1.29, 1.82) is 0 Å². The second-order valence-electron chi connectivity index (χ2n) is 5.64. The molecule has 21 heavy (non-hydrogen) atoms. The van der Waals surface area contributed by atoms with Crippen LogP contribution in [0.4, 0.5) is 0 Å². The van der Waals surface area contributed by atoms with E-state index in [9.17, 15) is 5.11 Å². The summed E-state index contributed by atoms with van der Waals surface area (Å²) in [5.41, 5.74) is 4.77. The molecule has 0 unspecified atom stereocenters. The van der Waals surface area contributed by atoms with Crippen LogP contribution in [0, 0.1) is 6.92 Å². The first-order valence-corrected chi connectivity index (χ1v) is 7.32. The average Bonchev–Trinajstić information content (AvgIpc) is 2.81. The monoisotopic (exact) mass is 283 g/mol. The van der Waals surface area contributed by atoms with Gasteiger partial charge in [0.2, 0.25) is 0 Å². The van der Waals surface area contributed by atoms with Gasteiger partial charge in [0, 0.05) is 18.5 Å². The molecule has 0 saturated heterocycles. The lowest BCUT2D eigenvalue weighted by Crippen LogP contribution is -2.28. The van der Waals surface area contributed by atoms with Crippen LogP contribution in [0.25, 0.3) is 0 Å². The van der Waals surface area contributed by atoms with E-state index in [0.717, 1.165) is 17.7 Å². The molecule has 2 atom stereocenters. The first-order valence-electron chi connectivity index (χ1n) is 7.32. The number of fused-ring (bicyclic) bond motifs is 1. The number of aliphatic hydroxyl groups excluding tert-OH is 1. The van der Waals surface area contributed by atoms with Gasteiger partial charge in [-0.3, -0.25) is 0 Å². The molecule has 0 spiro atoms. The summed E-state index contributed by atoms with van der Waals surface area (Å²) in [5, 5.41) is 13.8. The second kappa shape index (κ2) is 5.88. The van der Waals surface area contributed by atoms with Crippen molar-refractivity contribution in [3.63, 3.8) is 0 Å². The molecule has 0 radical (unpaired) electrons. The van der Waals surface area contributed by atoms with Gasteiger partial charge in [0.25, 0.3) is 0 Å². The highest BCUT2D eigenvalue weighted by Crippen LogP contribution is 2.32. The van der Waals surface area contributed by atoms with Crippen molar-refractivity contribution in [3.8, 4) is 5.75 Å². The van der Waals surface area contributed by atoms with Crippen LogP contribution in [-0.2, 0) is 13.0 Å². The lowest BCUT2D eigenvalue weighted by atomic mass is 10.1. The number of rotatable bonds is 4. The minimum Gasteiger partial charge on any atom is -0.496 e. The van der Waals surface area contributed by atoms with Gasteiger partial charge in [-0.05, 0) is 24.1 Å². The smallest absolute Gasteiger partial charge is 0.123 e. The second-order valence-corrected chi connectivity index (χ2v) is 5.64. The maximum absolute atomic E-state index is 10.3. The summed E-state index contributed by atoms with van der Waals surface area (Å²) in [6.07, 6.45) is 0.358. The van der Waals surface area contributed by atoms with Gasteiger partial charge in [-0.1, -0.05) is 42.0 Å². The summed E-state index contributed by atoms with van der Waals surface area (Å²) in [7, 11) is 1.69. The third kappa shape index (κ3) is 2.80. The summed E-state index contributed by atoms with van der Waals surface area (Å²) in [5.74, 6) is 0.883. The standard InChI is InChI=1S/C18H21NO2/c1-12-7-8-17(21-2)14(9-12)11-19-18-15-6-4-3-5-13(15)10-16(18)20/h3-9,16,18-20H,10-11H2,1-2H3/t16-,18+/m0/s1. The van der Waals surface area contributed by atoms with Gasteiger partial charge < -0.3 is 15.2 Å². The fourth-order valence-corrected chi connectivity index (χ4v) is 3.09. The van der Waals surface area contributed by atoms with Crippen LogP contribution in [0.2, 0.25) is 0 Å². The Morgan fingerprint density at radius 2 is 2.05 bits per heavy atom. The van der Waals surface area contributed by atoms with E-state index in [4.69, 9.17) is 4.74 Å². The van der Waals surface area contributed by atoms with Crippen LogP contribution in [-0.4, -0.2) is 18.3 Å². The van der Waals surface area contributed by atoms with Gasteiger partial charge in [0.1, 0.15) is 5.75 Å². The van der Waals surface area contributed by atoms with E-state index in [1.807, 2.05) is 24.3 Å². The molecule has 110 valence electrons. The summed E-state index contributed by atoms with van der Waals surface area (Å²) in [6, 6.07) is 14.4. The molecule has 0 amide bonds. The SMILES string of the molecule is COc1ccc(C)cc1CN[C@@H]1c2ccccc2C[C@@H]1O. The molecule has 0 heterocycles. The van der Waals surface area contributed by atoms with Crippen LogP contribution >= 0.6 is 0 Å². The number of ether oxygens (including phenoxy) is 1. The first kappa shape index (κ1) is 14.1. The van der Waals surface area contributed by atoms with Crippen molar-refractivity contribution in [2.24, 2.45) is 0 Å². The normalized spacial score (nSPS) is 20.3. The topological polar surface area (TPSA) is 41.5 Å². The molecule has 3 heteroatoms. The highest BCUT2D eigenvalue weighted by atomic mass is 16.5. The van der Waals surface area contributed by atoms with Crippen molar-refractivity contribution < 1.29 is 9.84 Å². The molecular weight excluding hydrogens is 262 g/mol. The molecule has 0 aromatic heterocycles. The molecule has 1 aliphatic carbocycles. The minimum atomic E-state index is -0.363. The number of hydrogen-bond acceptors (Lipinski definition) is 3. The summed E-state index contributed by atoms with van der Waals surface area (Å²) >= 11 is 0. The highest BCUT2D eigenvalue weighted by Gasteiger charge is 2.30. The van der Waals surface area contributed by atoms with E-state index < -0.39 is 0 Å². The van der Waals surface area contributed by atoms with Crippen molar-refractivity contribution >= 4 is 0 Å². The largest absolute Gasteiger partial charge is 0.496 e.